The maximum atomic E-state index is 12.4. The fourth-order valence-corrected chi connectivity index (χ4v) is 2.64. The number of carbonyl (C=O) groups excluding carboxylic acids is 1. The molecule has 0 saturated carbocycles. The van der Waals surface area contributed by atoms with Gasteiger partial charge in [-0.3, -0.25) is 4.79 Å². The van der Waals surface area contributed by atoms with Crippen LogP contribution >= 0.6 is 11.3 Å². The molecule has 2 rings (SSSR count). The Bertz CT molecular complexity index is 698. The molecule has 0 fully saturated rings. The summed E-state index contributed by atoms with van der Waals surface area (Å²) in [6, 6.07) is 6.92. The van der Waals surface area contributed by atoms with Gasteiger partial charge >= 0.3 is 0 Å². The third-order valence-electron chi connectivity index (χ3n) is 2.83. The summed E-state index contributed by atoms with van der Waals surface area (Å²) in [5.74, 6) is 5.15. The number of hydrogen-bond acceptors (Lipinski definition) is 4. The number of aryl methyl sites for hydroxylation is 1. The van der Waals surface area contributed by atoms with Crippen LogP contribution in [-0.4, -0.2) is 22.6 Å². The van der Waals surface area contributed by atoms with Gasteiger partial charge in [-0.15, -0.1) is 11.3 Å². The second-order valence-corrected chi connectivity index (χ2v) is 5.42. The maximum Gasteiger partial charge on any atom is 0.253 e. The first-order valence-corrected chi connectivity index (χ1v) is 7.41. The van der Waals surface area contributed by atoms with Crippen molar-refractivity contribution in [2.45, 2.75) is 19.9 Å². The van der Waals surface area contributed by atoms with Gasteiger partial charge in [0.2, 0.25) is 0 Å². The molecule has 5 heteroatoms. The van der Waals surface area contributed by atoms with Crippen LogP contribution in [0.1, 0.15) is 39.6 Å². The van der Waals surface area contributed by atoms with Crippen LogP contribution in [0.15, 0.2) is 29.6 Å². The molecule has 1 aromatic carbocycles. The molecule has 1 amide bonds. The minimum atomic E-state index is -0.231. The summed E-state index contributed by atoms with van der Waals surface area (Å²) >= 11 is 1.53. The Morgan fingerprint density at radius 3 is 2.90 bits per heavy atom. The van der Waals surface area contributed by atoms with Crippen LogP contribution in [0.4, 0.5) is 0 Å². The molecule has 0 aliphatic heterocycles. The number of rotatable bonds is 3. The fraction of sp³-hybridized carbons (Fsp3) is 0.250. The Labute approximate surface area is 127 Å². The first-order valence-electron chi connectivity index (χ1n) is 6.53. The number of thiazole rings is 1. The number of hydrogen-bond donors (Lipinski definition) is 2. The van der Waals surface area contributed by atoms with Crippen LogP contribution in [0.3, 0.4) is 0 Å². The molecule has 2 N–H and O–H groups in total. The van der Waals surface area contributed by atoms with E-state index < -0.39 is 0 Å². The van der Waals surface area contributed by atoms with E-state index in [0.717, 1.165) is 10.7 Å². The number of amides is 1. The van der Waals surface area contributed by atoms with E-state index in [1.165, 1.54) is 11.3 Å². The highest BCUT2D eigenvalue weighted by molar-refractivity contribution is 7.09. The lowest BCUT2D eigenvalue weighted by atomic mass is 10.1. The first kappa shape index (κ1) is 15.2. The molecule has 0 aliphatic rings. The molecule has 1 aromatic heterocycles. The predicted octanol–water partition coefficient (Wildman–Crippen LogP) is 2.29. The molecule has 21 heavy (non-hydrogen) atoms. The second-order valence-electron chi connectivity index (χ2n) is 4.53. The van der Waals surface area contributed by atoms with Crippen LogP contribution in [0.2, 0.25) is 0 Å². The normalized spacial score (nSPS) is 11.4. The van der Waals surface area contributed by atoms with Gasteiger partial charge in [-0.25, -0.2) is 4.98 Å². The Hall–Kier alpha value is -2.16. The number of aromatic nitrogens is 1. The number of aliphatic hydroxyl groups excluding tert-OH is 1. The Kier molecular flexibility index (Phi) is 5.09. The molecule has 1 unspecified atom stereocenters. The van der Waals surface area contributed by atoms with Gasteiger partial charge in [0.05, 0.1) is 11.6 Å². The molecule has 0 spiro atoms. The van der Waals surface area contributed by atoms with Crippen molar-refractivity contribution in [2.24, 2.45) is 0 Å². The molecule has 0 radical (unpaired) electrons. The van der Waals surface area contributed by atoms with Gasteiger partial charge in [0.1, 0.15) is 11.6 Å². The molecular weight excluding hydrogens is 284 g/mol. The quantitative estimate of drug-likeness (QED) is 0.855. The third-order valence-corrected chi connectivity index (χ3v) is 3.97. The molecule has 108 valence electrons. The number of benzene rings is 1. The Morgan fingerprint density at radius 1 is 1.48 bits per heavy atom. The van der Waals surface area contributed by atoms with Crippen molar-refractivity contribution < 1.29 is 9.90 Å². The van der Waals surface area contributed by atoms with E-state index in [2.05, 4.69) is 22.1 Å². The van der Waals surface area contributed by atoms with Gasteiger partial charge in [-0.1, -0.05) is 24.0 Å². The predicted molar refractivity (Wildman–Crippen MR) is 83.1 cm³/mol. The summed E-state index contributed by atoms with van der Waals surface area (Å²) in [6.07, 6.45) is 0. The first-order chi connectivity index (χ1) is 10.1. The number of nitrogens with one attached hydrogen (secondary N) is 1. The number of aliphatic hydroxyl groups is 1. The topological polar surface area (TPSA) is 62.2 Å². The van der Waals surface area contributed by atoms with Crippen molar-refractivity contribution in [3.63, 3.8) is 0 Å². The maximum absolute atomic E-state index is 12.4. The Balaban J connectivity index is 2.17. The van der Waals surface area contributed by atoms with Crippen molar-refractivity contribution in [1.82, 2.24) is 10.3 Å². The zero-order valence-corrected chi connectivity index (χ0v) is 12.7. The van der Waals surface area contributed by atoms with Crippen LogP contribution in [0, 0.1) is 18.8 Å². The third kappa shape index (κ3) is 3.91. The summed E-state index contributed by atoms with van der Waals surface area (Å²) in [6.45, 7) is 3.59. The van der Waals surface area contributed by atoms with Gasteiger partial charge in [-0.05, 0) is 26.0 Å². The average Bonchev–Trinajstić information content (AvgIpc) is 2.92. The van der Waals surface area contributed by atoms with Crippen LogP contribution in [-0.2, 0) is 0 Å². The largest absolute Gasteiger partial charge is 0.384 e. The van der Waals surface area contributed by atoms with E-state index in [-0.39, 0.29) is 18.6 Å². The van der Waals surface area contributed by atoms with E-state index >= 15 is 0 Å². The minimum absolute atomic E-state index is 0.157. The fourth-order valence-electron chi connectivity index (χ4n) is 1.83. The average molecular weight is 300 g/mol. The SMILES string of the molecule is Cc1csc(C(C)NC(=O)c2ccccc2C#CCO)n1. The van der Waals surface area contributed by atoms with E-state index in [1.54, 1.807) is 18.2 Å². The molecule has 1 heterocycles. The second kappa shape index (κ2) is 7.02. The zero-order valence-electron chi connectivity index (χ0n) is 11.9. The summed E-state index contributed by atoms with van der Waals surface area (Å²) in [5, 5.41) is 14.5. The summed E-state index contributed by atoms with van der Waals surface area (Å²) in [5.41, 5.74) is 2.05. The highest BCUT2D eigenvalue weighted by atomic mass is 32.1. The van der Waals surface area contributed by atoms with Crippen LogP contribution < -0.4 is 5.32 Å². The van der Waals surface area contributed by atoms with Crippen LogP contribution in [0.5, 0.6) is 0 Å². The monoisotopic (exact) mass is 300 g/mol. The smallest absolute Gasteiger partial charge is 0.253 e. The molecule has 0 aliphatic carbocycles. The van der Waals surface area contributed by atoms with Gasteiger partial charge in [0.15, 0.2) is 0 Å². The van der Waals surface area contributed by atoms with E-state index in [9.17, 15) is 4.79 Å². The van der Waals surface area contributed by atoms with Gasteiger partial charge in [0, 0.05) is 16.6 Å². The lowest BCUT2D eigenvalue weighted by Gasteiger charge is -2.12. The van der Waals surface area contributed by atoms with Crippen LogP contribution in [0.25, 0.3) is 0 Å². The van der Waals surface area contributed by atoms with Gasteiger partial charge in [-0.2, -0.15) is 0 Å². The lowest BCUT2D eigenvalue weighted by Crippen LogP contribution is -2.27. The van der Waals surface area contributed by atoms with Crippen molar-refractivity contribution in [1.29, 1.82) is 0 Å². The van der Waals surface area contributed by atoms with E-state index in [1.807, 2.05) is 25.3 Å². The standard InChI is InChI=1S/C16H16N2O2S/c1-11-10-21-16(17-11)12(2)18-15(20)14-8-4-3-6-13(14)7-5-9-19/h3-4,6,8,10,12,19H,9H2,1-2H3,(H,18,20). The van der Waals surface area contributed by atoms with Crippen molar-refractivity contribution in [2.75, 3.05) is 6.61 Å². The lowest BCUT2D eigenvalue weighted by molar-refractivity contribution is 0.0939. The highest BCUT2D eigenvalue weighted by Gasteiger charge is 2.15. The molecule has 1 atom stereocenters. The van der Waals surface area contributed by atoms with Crippen molar-refractivity contribution in [3.05, 3.63) is 51.5 Å². The van der Waals surface area contributed by atoms with Gasteiger partial charge in [0.25, 0.3) is 5.91 Å². The molecule has 4 nitrogen and oxygen atoms in total. The van der Waals surface area contributed by atoms with E-state index in [4.69, 9.17) is 5.11 Å². The molecule has 0 bridgehead atoms. The number of carbonyl (C=O) groups is 1. The summed E-state index contributed by atoms with van der Waals surface area (Å²) in [7, 11) is 0. The Morgan fingerprint density at radius 2 is 2.24 bits per heavy atom. The zero-order chi connectivity index (χ0) is 15.2. The summed E-state index contributed by atoms with van der Waals surface area (Å²) in [4.78, 5) is 16.7. The molecular formula is C16H16N2O2S. The van der Waals surface area contributed by atoms with Crippen molar-refractivity contribution in [3.8, 4) is 11.8 Å². The molecule has 0 saturated heterocycles. The van der Waals surface area contributed by atoms with E-state index in [0.29, 0.717) is 11.1 Å². The molecule has 2 aromatic rings. The highest BCUT2D eigenvalue weighted by Crippen LogP contribution is 2.18. The number of nitrogens with zero attached hydrogens (tertiary/aromatic N) is 1. The van der Waals surface area contributed by atoms with Gasteiger partial charge < -0.3 is 10.4 Å². The minimum Gasteiger partial charge on any atom is -0.384 e. The van der Waals surface area contributed by atoms with Crippen molar-refractivity contribution >= 4 is 17.2 Å². The summed E-state index contributed by atoms with van der Waals surface area (Å²) < 4.78 is 0.